The van der Waals surface area contributed by atoms with Crippen molar-refractivity contribution in [3.8, 4) is 18.1 Å². The molecule has 0 bridgehead atoms. The van der Waals surface area contributed by atoms with Crippen molar-refractivity contribution >= 4 is 25.9 Å². The first kappa shape index (κ1) is 38.1. The van der Waals surface area contributed by atoms with E-state index in [1.54, 1.807) is 30.5 Å². The van der Waals surface area contributed by atoms with Gasteiger partial charge in [0.1, 0.15) is 24.0 Å². The normalized spacial score (nSPS) is 15.7. The molecule has 250 valence electrons. The van der Waals surface area contributed by atoms with Crippen molar-refractivity contribution in [1.82, 2.24) is 10.2 Å². The molecule has 2 rings (SSSR count). The number of para-hydroxylation sites is 1. The summed E-state index contributed by atoms with van der Waals surface area (Å²) in [5.74, 6) is 1.53. The number of amides is 2. The molecule has 10 heteroatoms. The van der Waals surface area contributed by atoms with Gasteiger partial charge >= 0.3 is 5.97 Å². The van der Waals surface area contributed by atoms with E-state index in [4.69, 9.17) is 20.6 Å². The third-order valence-electron chi connectivity index (χ3n) is 7.71. The fourth-order valence-corrected chi connectivity index (χ4v) is 5.72. The Bertz CT molecular complexity index is 1130. The van der Waals surface area contributed by atoms with Gasteiger partial charge in [0.15, 0.2) is 6.79 Å². The lowest BCUT2D eigenvalue weighted by atomic mass is 10.0. The van der Waals surface area contributed by atoms with E-state index in [0.29, 0.717) is 43.6 Å². The van der Waals surface area contributed by atoms with E-state index in [1.807, 2.05) is 6.08 Å². The monoisotopic (exact) mass is 642 g/mol. The molecule has 0 spiro atoms. The molecule has 2 N–H and O–H groups in total. The second-order valence-electron chi connectivity index (χ2n) is 12.8. The van der Waals surface area contributed by atoms with Gasteiger partial charge in [0.05, 0.1) is 12.1 Å². The van der Waals surface area contributed by atoms with E-state index in [2.05, 4.69) is 37.8 Å². The number of nitrogens with zero attached hydrogens (tertiary/aromatic N) is 1. The van der Waals surface area contributed by atoms with Gasteiger partial charge in [0.25, 0.3) is 5.91 Å². The van der Waals surface area contributed by atoms with Gasteiger partial charge < -0.3 is 29.5 Å². The molecule has 1 aliphatic rings. The van der Waals surface area contributed by atoms with Crippen LogP contribution >= 0.6 is 0 Å². The van der Waals surface area contributed by atoms with Gasteiger partial charge in [-0.1, -0.05) is 82.8 Å². The van der Waals surface area contributed by atoms with Crippen LogP contribution in [0.4, 0.5) is 0 Å². The van der Waals surface area contributed by atoms with Crippen molar-refractivity contribution in [3.05, 3.63) is 42.1 Å². The second kappa shape index (κ2) is 20.8. The lowest BCUT2D eigenvalue weighted by Crippen LogP contribution is -2.41. The zero-order chi connectivity index (χ0) is 33.1. The second-order valence-corrected chi connectivity index (χ2v) is 18.4. The van der Waals surface area contributed by atoms with Gasteiger partial charge in [0, 0.05) is 20.9 Å². The Labute approximate surface area is 271 Å². The molecule has 9 nitrogen and oxygen atoms in total. The molecule has 2 amide bonds. The number of rotatable bonds is 22. The molecule has 1 heterocycles. The summed E-state index contributed by atoms with van der Waals surface area (Å²) in [6.45, 7) is 9.76. The number of carbonyl (C=O) groups excluding carboxylic acids is 3. The van der Waals surface area contributed by atoms with E-state index in [9.17, 15) is 19.5 Å². The number of carbonyl (C=O) groups is 3. The molecule has 0 fully saturated rings. The minimum atomic E-state index is -1.22. The summed E-state index contributed by atoms with van der Waals surface area (Å²) < 4.78 is 17.5. The van der Waals surface area contributed by atoms with Crippen LogP contribution in [-0.2, 0) is 19.1 Å². The quantitative estimate of drug-likeness (QED) is 0.0521. The van der Waals surface area contributed by atoms with Crippen molar-refractivity contribution in [2.45, 2.75) is 121 Å². The summed E-state index contributed by atoms with van der Waals surface area (Å²) in [6.07, 6.45) is 15.9. The Balaban J connectivity index is 1.95. The molecule has 45 heavy (non-hydrogen) atoms. The highest BCUT2D eigenvalue weighted by Gasteiger charge is 2.35. The number of hydrogen-bond acceptors (Lipinski definition) is 7. The van der Waals surface area contributed by atoms with E-state index in [1.165, 1.54) is 4.90 Å². The van der Waals surface area contributed by atoms with Gasteiger partial charge in [0.2, 0.25) is 5.91 Å². The van der Waals surface area contributed by atoms with Crippen LogP contribution in [0, 0.1) is 12.3 Å². The van der Waals surface area contributed by atoms with Crippen molar-refractivity contribution < 1.29 is 33.7 Å². The SMILES string of the molecule is C#CCNC(=O)[C@H](O)CCCCC[C@@H](CCCCCC)OC(=O)[C@@H]1CC=CN1C(=O)c1ccccc1OCOCC[Si](C)(C)C. The smallest absolute Gasteiger partial charge is 0.329 e. The Kier molecular flexibility index (Phi) is 17.6. The summed E-state index contributed by atoms with van der Waals surface area (Å²) in [5.41, 5.74) is 0.363. The van der Waals surface area contributed by atoms with Gasteiger partial charge in [-0.3, -0.25) is 9.59 Å². The number of nitrogens with one attached hydrogen (secondary N) is 1. The first-order valence-electron chi connectivity index (χ1n) is 16.5. The maximum atomic E-state index is 13.6. The number of benzene rings is 1. The minimum Gasteiger partial charge on any atom is -0.467 e. The maximum Gasteiger partial charge on any atom is 0.329 e. The molecule has 0 aromatic heterocycles. The molecule has 1 aliphatic heterocycles. The fraction of sp³-hybridized carbons (Fsp3) is 0.629. The first-order valence-corrected chi connectivity index (χ1v) is 20.2. The van der Waals surface area contributed by atoms with Crippen LogP contribution in [-0.4, -0.2) is 74.1 Å². The third-order valence-corrected chi connectivity index (χ3v) is 9.42. The van der Waals surface area contributed by atoms with E-state index >= 15 is 0 Å². The molecule has 0 aliphatic carbocycles. The minimum absolute atomic E-state index is 0.0493. The number of ether oxygens (including phenoxy) is 3. The lowest BCUT2D eigenvalue weighted by Gasteiger charge is -2.26. The van der Waals surface area contributed by atoms with Crippen molar-refractivity contribution in [3.63, 3.8) is 0 Å². The number of esters is 1. The molecule has 0 unspecified atom stereocenters. The lowest BCUT2D eigenvalue weighted by molar-refractivity contribution is -0.154. The Morgan fingerprint density at radius 2 is 1.76 bits per heavy atom. The highest BCUT2D eigenvalue weighted by atomic mass is 28.3. The van der Waals surface area contributed by atoms with Crippen LogP contribution in [0.2, 0.25) is 25.7 Å². The maximum absolute atomic E-state index is 13.6. The summed E-state index contributed by atoms with van der Waals surface area (Å²) in [6, 6.07) is 7.28. The number of unbranched alkanes of at least 4 members (excludes halogenated alkanes) is 5. The predicted octanol–water partition coefficient (Wildman–Crippen LogP) is 6.05. The van der Waals surface area contributed by atoms with E-state index in [0.717, 1.165) is 51.0 Å². The van der Waals surface area contributed by atoms with Gasteiger partial charge in [-0.2, -0.15) is 0 Å². The Hall–Kier alpha value is -3.13. The van der Waals surface area contributed by atoms with E-state index in [-0.39, 0.29) is 25.3 Å². The van der Waals surface area contributed by atoms with Gasteiger partial charge in [-0.05, 0) is 56.7 Å². The summed E-state index contributed by atoms with van der Waals surface area (Å²) in [7, 11) is -1.22. The Morgan fingerprint density at radius 3 is 2.44 bits per heavy atom. The van der Waals surface area contributed by atoms with Crippen molar-refractivity contribution in [2.24, 2.45) is 0 Å². The van der Waals surface area contributed by atoms with Crippen LogP contribution in [0.25, 0.3) is 0 Å². The van der Waals surface area contributed by atoms with Crippen LogP contribution in [0.1, 0.15) is 87.9 Å². The molecule has 3 atom stereocenters. The molecule has 0 saturated heterocycles. The average molecular weight is 643 g/mol. The standard InChI is InChI=1S/C35H54N2O7Si/c1-6-8-9-11-17-28(18-12-10-13-21-31(38)33(39)36-23-7-2)44-35(41)30-20-16-24-37(30)34(40)29-19-14-15-22-32(29)43-27-42-25-26-45(3,4)5/h2,14-16,19,22,24,28,30-31,38H,6,8-13,17-18,20-21,23,25-27H2,1,3-5H3,(H,36,39)/t28-,30+,31-/m1/s1. The van der Waals surface area contributed by atoms with Crippen molar-refractivity contribution in [1.29, 1.82) is 0 Å². The topological polar surface area (TPSA) is 114 Å². The molecule has 0 saturated carbocycles. The zero-order valence-electron chi connectivity index (χ0n) is 27.7. The first-order chi connectivity index (χ1) is 21.6. The van der Waals surface area contributed by atoms with E-state index < -0.39 is 32.1 Å². The van der Waals surface area contributed by atoms with Crippen LogP contribution in [0.3, 0.4) is 0 Å². The molecule has 1 aromatic carbocycles. The predicted molar refractivity (Wildman–Crippen MR) is 179 cm³/mol. The third kappa shape index (κ3) is 14.7. The Morgan fingerprint density at radius 1 is 1.07 bits per heavy atom. The summed E-state index contributed by atoms with van der Waals surface area (Å²) >= 11 is 0. The number of aliphatic hydroxyl groups is 1. The number of terminal acetylenes is 1. The molecular formula is C35H54N2O7Si. The molecular weight excluding hydrogens is 588 g/mol. The summed E-state index contributed by atoms with van der Waals surface area (Å²) in [5, 5.41) is 12.5. The highest BCUT2D eigenvalue weighted by molar-refractivity contribution is 6.76. The highest BCUT2D eigenvalue weighted by Crippen LogP contribution is 2.26. The van der Waals surface area contributed by atoms with Gasteiger partial charge in [-0.25, -0.2) is 4.79 Å². The molecule has 0 radical (unpaired) electrons. The average Bonchev–Trinajstić information content (AvgIpc) is 3.51. The largest absolute Gasteiger partial charge is 0.467 e. The van der Waals surface area contributed by atoms with Crippen LogP contribution in [0.15, 0.2) is 36.5 Å². The summed E-state index contributed by atoms with van der Waals surface area (Å²) in [4.78, 5) is 40.3. The zero-order valence-corrected chi connectivity index (χ0v) is 28.7. The fourth-order valence-electron chi connectivity index (χ4n) is 4.97. The van der Waals surface area contributed by atoms with Crippen LogP contribution < -0.4 is 10.1 Å². The van der Waals surface area contributed by atoms with Gasteiger partial charge in [-0.15, -0.1) is 6.42 Å². The van der Waals surface area contributed by atoms with Crippen molar-refractivity contribution in [2.75, 3.05) is 19.9 Å². The van der Waals surface area contributed by atoms with Crippen LogP contribution in [0.5, 0.6) is 5.75 Å². The number of hydrogen-bond donors (Lipinski definition) is 2. The number of aliphatic hydroxyl groups excluding tert-OH is 1. The molecule has 1 aromatic rings.